The molecule has 0 aliphatic carbocycles. The van der Waals surface area contributed by atoms with Gasteiger partial charge in [-0.1, -0.05) is 5.16 Å². The monoisotopic (exact) mass is 386 g/mol. The Bertz CT molecular complexity index is 905. The molecule has 1 atom stereocenters. The van der Waals surface area contributed by atoms with E-state index in [1.807, 2.05) is 6.92 Å². The highest BCUT2D eigenvalue weighted by Crippen LogP contribution is 2.33. The van der Waals surface area contributed by atoms with Crippen LogP contribution in [0.25, 0.3) is 0 Å². The third-order valence-corrected chi connectivity index (χ3v) is 4.15. The summed E-state index contributed by atoms with van der Waals surface area (Å²) >= 11 is 0. The van der Waals surface area contributed by atoms with Crippen molar-refractivity contribution in [2.24, 2.45) is 10.9 Å². The lowest BCUT2D eigenvalue weighted by molar-refractivity contribution is -0.145. The number of esters is 1. The number of carbonyl (C=O) groups excluding carboxylic acids is 1. The molecule has 0 radical (unpaired) electrons. The molecule has 1 aliphatic heterocycles. The summed E-state index contributed by atoms with van der Waals surface area (Å²) in [4.78, 5) is 19.8. The van der Waals surface area contributed by atoms with Crippen LogP contribution in [-0.2, 0) is 14.2 Å². The summed E-state index contributed by atoms with van der Waals surface area (Å²) in [5, 5.41) is 21.7. The maximum absolute atomic E-state index is 11.8. The molecule has 146 valence electrons. The molecular weight excluding hydrogens is 367 g/mol. The summed E-state index contributed by atoms with van der Waals surface area (Å²) in [5.74, 6) is 0.0421. The smallest absolute Gasteiger partial charge is 0.466 e. The van der Waals surface area contributed by atoms with E-state index in [-0.39, 0.29) is 30.4 Å². The van der Waals surface area contributed by atoms with E-state index in [1.54, 1.807) is 19.1 Å². The van der Waals surface area contributed by atoms with Gasteiger partial charge in [0.25, 0.3) is 0 Å². The number of fused-ring (bicyclic) bond motifs is 1. The molecule has 28 heavy (non-hydrogen) atoms. The van der Waals surface area contributed by atoms with Crippen LogP contribution >= 0.6 is 0 Å². The van der Waals surface area contributed by atoms with E-state index < -0.39 is 19.2 Å². The molecule has 0 saturated heterocycles. The lowest BCUT2D eigenvalue weighted by atomic mass is 9.77. The topological polar surface area (TPSA) is 149 Å². The Morgan fingerprint density at radius 3 is 2.82 bits per heavy atom. The Hall–Kier alpha value is -3.18. The van der Waals surface area contributed by atoms with Crippen LogP contribution in [0, 0.1) is 6.92 Å². The van der Waals surface area contributed by atoms with Crippen molar-refractivity contribution >= 4 is 24.4 Å². The maximum Gasteiger partial charge on any atom is 0.492 e. The highest BCUT2D eigenvalue weighted by atomic mass is 16.5. The van der Waals surface area contributed by atoms with Gasteiger partial charge in [-0.2, -0.15) is 0 Å². The van der Waals surface area contributed by atoms with Gasteiger partial charge in [-0.15, -0.1) is 0 Å². The summed E-state index contributed by atoms with van der Waals surface area (Å²) in [6.07, 6.45) is 2.06. The van der Waals surface area contributed by atoms with Gasteiger partial charge in [0.2, 0.25) is 5.88 Å². The van der Waals surface area contributed by atoms with Gasteiger partial charge in [0.1, 0.15) is 11.4 Å². The van der Waals surface area contributed by atoms with Crippen LogP contribution < -0.4 is 15.9 Å². The average molecular weight is 386 g/mol. The van der Waals surface area contributed by atoms with E-state index in [9.17, 15) is 9.82 Å². The van der Waals surface area contributed by atoms with Crippen LogP contribution in [0.3, 0.4) is 0 Å². The molecule has 0 fully saturated rings. The number of aryl methyl sites for hydroxylation is 1. The highest BCUT2D eigenvalue weighted by Gasteiger charge is 2.38. The minimum Gasteiger partial charge on any atom is -0.466 e. The maximum atomic E-state index is 11.8. The van der Waals surface area contributed by atoms with Gasteiger partial charge in [-0.3, -0.25) is 4.79 Å². The van der Waals surface area contributed by atoms with Crippen LogP contribution in [0.1, 0.15) is 36.3 Å². The van der Waals surface area contributed by atoms with Gasteiger partial charge >= 0.3 is 13.1 Å². The van der Waals surface area contributed by atoms with Gasteiger partial charge in [0.05, 0.1) is 31.5 Å². The van der Waals surface area contributed by atoms with Gasteiger partial charge in [-0.05, 0) is 42.6 Å². The molecule has 3 rings (SSSR count). The molecule has 1 aromatic heterocycles. The molecule has 11 heteroatoms. The summed E-state index contributed by atoms with van der Waals surface area (Å²) < 4.78 is 16.1. The number of oxime groups is 1. The second kappa shape index (κ2) is 8.23. The summed E-state index contributed by atoms with van der Waals surface area (Å²) in [5.41, 5.74) is 7.69. The first kappa shape index (κ1) is 19.6. The van der Waals surface area contributed by atoms with Crippen molar-refractivity contribution in [1.29, 1.82) is 0 Å². The van der Waals surface area contributed by atoms with E-state index in [0.717, 1.165) is 11.1 Å². The lowest BCUT2D eigenvalue weighted by Gasteiger charge is -2.14. The second-order valence-electron chi connectivity index (χ2n) is 6.06. The van der Waals surface area contributed by atoms with Crippen LogP contribution in [0.15, 0.2) is 29.7 Å². The van der Waals surface area contributed by atoms with Gasteiger partial charge in [0.15, 0.2) is 5.84 Å². The number of hydrogen-bond donors (Lipinski definition) is 3. The van der Waals surface area contributed by atoms with Crippen molar-refractivity contribution in [3.05, 3.63) is 41.3 Å². The number of carbonyl (C=O) groups is 1. The molecule has 0 spiro atoms. The fraction of sp³-hybridized carbons (Fsp3) is 0.294. The van der Waals surface area contributed by atoms with Crippen molar-refractivity contribution in [1.82, 2.24) is 9.97 Å². The fourth-order valence-corrected chi connectivity index (χ4v) is 2.99. The summed E-state index contributed by atoms with van der Waals surface area (Å²) in [6, 6.07) is 3.37. The largest absolute Gasteiger partial charge is 0.492 e. The van der Waals surface area contributed by atoms with E-state index in [1.165, 1.54) is 12.4 Å². The zero-order valence-corrected chi connectivity index (χ0v) is 15.3. The van der Waals surface area contributed by atoms with Gasteiger partial charge in [-0.25, -0.2) is 9.97 Å². The average Bonchev–Trinajstić information content (AvgIpc) is 2.97. The molecule has 1 aromatic carbocycles. The number of rotatable bonds is 6. The van der Waals surface area contributed by atoms with E-state index >= 15 is 0 Å². The standard InChI is InChI=1S/C17H19BN4O6/c1-3-26-15(23)6-13-16-9(2)4-10(5-11(16)18(24)28-13)27-14-8-20-12(7-21-14)17(19)22-25/h4-5,7-8,13,24-25H,3,6H2,1-2H3,(H2,19,22). The predicted octanol–water partition coefficient (Wildman–Crippen LogP) is 0.384. The molecule has 1 aliphatic rings. The number of nitrogens with two attached hydrogens (primary N) is 1. The molecule has 10 nitrogen and oxygen atoms in total. The van der Waals surface area contributed by atoms with Crippen LogP contribution in [0.2, 0.25) is 0 Å². The minimum atomic E-state index is -1.18. The zero-order chi connectivity index (χ0) is 20.3. The predicted molar refractivity (Wildman–Crippen MR) is 98.5 cm³/mol. The quantitative estimate of drug-likeness (QED) is 0.160. The lowest BCUT2D eigenvalue weighted by Crippen LogP contribution is -2.28. The SMILES string of the molecule is CCOC(=O)CC1OB(O)c2cc(Oc3cnc(C(N)=NO)cn3)cc(C)c21. The van der Waals surface area contributed by atoms with Crippen molar-refractivity contribution in [2.45, 2.75) is 26.4 Å². The van der Waals surface area contributed by atoms with Crippen molar-refractivity contribution in [3.8, 4) is 11.6 Å². The van der Waals surface area contributed by atoms with Crippen molar-refractivity contribution in [3.63, 3.8) is 0 Å². The minimum absolute atomic E-state index is 0.0136. The normalized spacial score (nSPS) is 16.0. The first-order chi connectivity index (χ1) is 13.4. The third-order valence-electron chi connectivity index (χ3n) is 4.15. The number of hydrogen-bond acceptors (Lipinski definition) is 9. The van der Waals surface area contributed by atoms with Crippen LogP contribution in [0.4, 0.5) is 0 Å². The van der Waals surface area contributed by atoms with Gasteiger partial charge < -0.3 is 30.1 Å². The molecule has 0 bridgehead atoms. The molecule has 1 unspecified atom stereocenters. The number of amidine groups is 1. The number of benzene rings is 1. The molecule has 2 aromatic rings. The summed E-state index contributed by atoms with van der Waals surface area (Å²) in [6.45, 7) is 3.84. The van der Waals surface area contributed by atoms with Crippen molar-refractivity contribution in [2.75, 3.05) is 6.61 Å². The first-order valence-corrected chi connectivity index (χ1v) is 8.54. The van der Waals surface area contributed by atoms with E-state index in [4.69, 9.17) is 25.1 Å². The number of ether oxygens (including phenoxy) is 2. The Kier molecular flexibility index (Phi) is 5.76. The zero-order valence-electron chi connectivity index (χ0n) is 15.3. The number of aromatic nitrogens is 2. The third kappa shape index (κ3) is 4.05. The molecule has 0 saturated carbocycles. The number of nitrogens with zero attached hydrogens (tertiary/aromatic N) is 3. The fourth-order valence-electron chi connectivity index (χ4n) is 2.99. The molecule has 2 heterocycles. The molecule has 4 N–H and O–H groups in total. The summed E-state index contributed by atoms with van der Waals surface area (Å²) in [7, 11) is -1.18. The first-order valence-electron chi connectivity index (χ1n) is 8.54. The molecular formula is C17H19BN4O6. The van der Waals surface area contributed by atoms with Gasteiger partial charge in [0, 0.05) is 0 Å². The highest BCUT2D eigenvalue weighted by molar-refractivity contribution is 6.62. The molecule has 0 amide bonds. The Labute approximate surface area is 161 Å². The van der Waals surface area contributed by atoms with Crippen LogP contribution in [-0.4, -0.2) is 45.7 Å². The Balaban J connectivity index is 1.81. The van der Waals surface area contributed by atoms with E-state index in [0.29, 0.717) is 11.2 Å². The Morgan fingerprint density at radius 1 is 1.39 bits per heavy atom. The van der Waals surface area contributed by atoms with Crippen molar-refractivity contribution < 1.29 is 29.2 Å². The van der Waals surface area contributed by atoms with Crippen LogP contribution in [0.5, 0.6) is 11.6 Å². The second-order valence-corrected chi connectivity index (χ2v) is 6.06. The van der Waals surface area contributed by atoms with E-state index in [2.05, 4.69) is 15.1 Å². The Morgan fingerprint density at radius 2 is 2.18 bits per heavy atom.